The van der Waals surface area contributed by atoms with Crippen molar-refractivity contribution in [2.45, 2.75) is 12.7 Å². The minimum Gasteiger partial charge on any atom is -0.368 e. The van der Waals surface area contributed by atoms with Gasteiger partial charge in [-0.25, -0.2) is 0 Å². The average molecular weight is 531 g/mol. The second-order valence-electron chi connectivity index (χ2n) is 8.75. The summed E-state index contributed by atoms with van der Waals surface area (Å²) >= 11 is 12.5. The Hall–Kier alpha value is -3.00. The molecule has 36 heavy (non-hydrogen) atoms. The van der Waals surface area contributed by atoms with Crippen LogP contribution in [0.1, 0.15) is 11.1 Å². The van der Waals surface area contributed by atoms with Crippen LogP contribution in [-0.4, -0.2) is 36.1 Å². The Morgan fingerprint density at radius 2 is 1.64 bits per heavy atom. The molecule has 0 unspecified atom stereocenters. The summed E-state index contributed by atoms with van der Waals surface area (Å²) in [5.74, 6) is 0. The minimum atomic E-state index is -4.40. The van der Waals surface area contributed by atoms with Crippen molar-refractivity contribution in [1.82, 2.24) is 9.88 Å². The Kier molecular flexibility index (Phi) is 6.97. The monoisotopic (exact) mass is 530 g/mol. The van der Waals surface area contributed by atoms with Gasteiger partial charge in [0.2, 0.25) is 0 Å². The summed E-state index contributed by atoms with van der Waals surface area (Å²) in [6.45, 7) is 4.38. The van der Waals surface area contributed by atoms with Gasteiger partial charge in [-0.15, -0.1) is 0 Å². The third-order valence-electron chi connectivity index (χ3n) is 6.35. The first-order valence-corrected chi connectivity index (χ1v) is 12.3. The largest absolute Gasteiger partial charge is 0.416 e. The van der Waals surface area contributed by atoms with E-state index in [1.165, 1.54) is 17.8 Å². The second-order valence-corrected chi connectivity index (χ2v) is 9.53. The molecule has 1 aliphatic rings. The van der Waals surface area contributed by atoms with E-state index in [2.05, 4.69) is 32.2 Å². The van der Waals surface area contributed by atoms with Crippen molar-refractivity contribution in [3.8, 4) is 0 Å². The fraction of sp³-hybridized carbons (Fsp3) is 0.222. The number of hydrogen-bond acceptors (Lipinski definition) is 4. The Labute approximate surface area is 217 Å². The number of nitrogens with one attached hydrogen (secondary N) is 1. The quantitative estimate of drug-likeness (QED) is 0.287. The van der Waals surface area contributed by atoms with Gasteiger partial charge in [0.05, 0.1) is 26.8 Å². The van der Waals surface area contributed by atoms with Crippen LogP contribution >= 0.6 is 23.2 Å². The van der Waals surface area contributed by atoms with Crippen LogP contribution in [0, 0.1) is 0 Å². The summed E-state index contributed by atoms with van der Waals surface area (Å²) in [5.41, 5.74) is 3.30. The highest BCUT2D eigenvalue weighted by Crippen LogP contribution is 2.34. The maximum Gasteiger partial charge on any atom is 0.416 e. The van der Waals surface area contributed by atoms with Gasteiger partial charge in [0, 0.05) is 55.7 Å². The van der Waals surface area contributed by atoms with Gasteiger partial charge in [0.15, 0.2) is 0 Å². The zero-order chi connectivity index (χ0) is 25.3. The molecular formula is C27H23Cl2F3N4. The smallest absolute Gasteiger partial charge is 0.368 e. The van der Waals surface area contributed by atoms with Gasteiger partial charge in [-0.1, -0.05) is 47.5 Å². The lowest BCUT2D eigenvalue weighted by Crippen LogP contribution is -2.46. The molecule has 1 fully saturated rings. The predicted octanol–water partition coefficient (Wildman–Crippen LogP) is 7.63. The summed E-state index contributed by atoms with van der Waals surface area (Å²) in [7, 11) is 0. The van der Waals surface area contributed by atoms with Crippen molar-refractivity contribution in [2.75, 3.05) is 36.4 Å². The Morgan fingerprint density at radius 1 is 0.889 bits per heavy atom. The van der Waals surface area contributed by atoms with Crippen LogP contribution in [0.4, 0.5) is 30.2 Å². The summed E-state index contributed by atoms with van der Waals surface area (Å²) in [6, 6.07) is 19.2. The number of piperazine rings is 1. The van der Waals surface area contributed by atoms with E-state index in [9.17, 15) is 13.2 Å². The second kappa shape index (κ2) is 10.2. The van der Waals surface area contributed by atoms with E-state index in [1.54, 1.807) is 12.1 Å². The van der Waals surface area contributed by atoms with E-state index in [-0.39, 0.29) is 0 Å². The lowest BCUT2D eigenvalue weighted by molar-refractivity contribution is -0.137. The number of halogens is 5. The summed E-state index contributed by atoms with van der Waals surface area (Å²) in [5, 5.41) is 5.10. The lowest BCUT2D eigenvalue weighted by Gasteiger charge is -2.36. The molecule has 0 amide bonds. The molecule has 0 bridgehead atoms. The zero-order valence-electron chi connectivity index (χ0n) is 19.2. The predicted molar refractivity (Wildman–Crippen MR) is 140 cm³/mol. The van der Waals surface area contributed by atoms with Gasteiger partial charge >= 0.3 is 6.18 Å². The minimum absolute atomic E-state index is 0.296. The molecule has 4 nitrogen and oxygen atoms in total. The summed E-state index contributed by atoms with van der Waals surface area (Å²) in [4.78, 5) is 8.76. The number of benzene rings is 3. The first-order valence-electron chi connectivity index (χ1n) is 11.5. The molecule has 2 heterocycles. The Morgan fingerprint density at radius 3 is 2.36 bits per heavy atom. The topological polar surface area (TPSA) is 31.4 Å². The van der Waals surface area contributed by atoms with Crippen molar-refractivity contribution < 1.29 is 13.2 Å². The van der Waals surface area contributed by atoms with Crippen molar-refractivity contribution >= 4 is 51.2 Å². The van der Waals surface area contributed by atoms with Gasteiger partial charge in [0.1, 0.15) is 0 Å². The van der Waals surface area contributed by atoms with Gasteiger partial charge in [-0.05, 0) is 48.0 Å². The Bertz CT molecular complexity index is 1370. The summed E-state index contributed by atoms with van der Waals surface area (Å²) < 4.78 is 39.1. The molecule has 4 aromatic rings. The molecule has 0 saturated carbocycles. The Balaban J connectivity index is 1.21. The van der Waals surface area contributed by atoms with Crippen LogP contribution in [0.25, 0.3) is 10.9 Å². The van der Waals surface area contributed by atoms with Crippen molar-refractivity contribution in [2.24, 2.45) is 0 Å². The molecule has 0 atom stereocenters. The van der Waals surface area contributed by atoms with E-state index in [1.807, 2.05) is 24.3 Å². The van der Waals surface area contributed by atoms with E-state index in [0.717, 1.165) is 56.2 Å². The molecule has 0 radical (unpaired) electrons. The lowest BCUT2D eigenvalue weighted by atomic mass is 10.1. The van der Waals surface area contributed by atoms with Crippen molar-refractivity contribution in [1.29, 1.82) is 0 Å². The molecule has 186 valence electrons. The molecule has 1 saturated heterocycles. The van der Waals surface area contributed by atoms with Crippen LogP contribution in [0.3, 0.4) is 0 Å². The highest BCUT2D eigenvalue weighted by molar-refractivity contribution is 6.43. The third-order valence-corrected chi connectivity index (χ3v) is 7.16. The van der Waals surface area contributed by atoms with Crippen LogP contribution in [-0.2, 0) is 12.7 Å². The van der Waals surface area contributed by atoms with E-state index in [0.29, 0.717) is 26.6 Å². The number of anilines is 3. The third kappa shape index (κ3) is 5.38. The van der Waals surface area contributed by atoms with Gasteiger partial charge in [-0.2, -0.15) is 13.2 Å². The van der Waals surface area contributed by atoms with Crippen LogP contribution in [0.5, 0.6) is 0 Å². The molecule has 0 aliphatic carbocycles. The van der Waals surface area contributed by atoms with Crippen LogP contribution in [0.2, 0.25) is 10.0 Å². The number of aromatic nitrogens is 1. The fourth-order valence-corrected chi connectivity index (χ4v) is 4.84. The van der Waals surface area contributed by atoms with Gasteiger partial charge in [-0.3, -0.25) is 9.88 Å². The number of fused-ring (bicyclic) bond motifs is 1. The van der Waals surface area contributed by atoms with E-state index in [4.69, 9.17) is 23.2 Å². The first kappa shape index (κ1) is 24.7. The number of rotatable bonds is 5. The van der Waals surface area contributed by atoms with E-state index >= 15 is 0 Å². The van der Waals surface area contributed by atoms with Crippen LogP contribution in [0.15, 0.2) is 72.9 Å². The van der Waals surface area contributed by atoms with Crippen molar-refractivity contribution in [3.63, 3.8) is 0 Å². The van der Waals surface area contributed by atoms with E-state index < -0.39 is 11.7 Å². The SMILES string of the molecule is FC(F)(F)c1ccc2c(Nc3ccc(CN4CCN(c5cccc(Cl)c5Cl)CC4)cc3)ccnc2c1. The first-order chi connectivity index (χ1) is 17.3. The highest BCUT2D eigenvalue weighted by Gasteiger charge is 2.30. The maximum atomic E-state index is 13.0. The molecule has 5 rings (SSSR count). The number of hydrogen-bond donors (Lipinski definition) is 1. The highest BCUT2D eigenvalue weighted by atomic mass is 35.5. The molecule has 3 aromatic carbocycles. The molecule has 1 N–H and O–H groups in total. The van der Waals surface area contributed by atoms with Crippen LogP contribution < -0.4 is 10.2 Å². The van der Waals surface area contributed by atoms with Gasteiger partial charge in [0.25, 0.3) is 0 Å². The van der Waals surface area contributed by atoms with Crippen molar-refractivity contribution in [3.05, 3.63) is 94.1 Å². The number of nitrogens with zero attached hydrogens (tertiary/aromatic N) is 3. The maximum absolute atomic E-state index is 13.0. The number of alkyl halides is 3. The average Bonchev–Trinajstić information content (AvgIpc) is 2.87. The standard InChI is InChI=1S/C27H23Cl2F3N4/c28-22-2-1-3-25(26(22)29)36-14-12-35(13-15-36)17-18-4-7-20(8-5-18)34-23-10-11-33-24-16-19(27(30,31)32)6-9-21(23)24/h1-11,16H,12-15,17H2,(H,33,34). The molecule has 0 spiro atoms. The van der Waals surface area contributed by atoms with Gasteiger partial charge < -0.3 is 10.2 Å². The molecular weight excluding hydrogens is 508 g/mol. The molecule has 9 heteroatoms. The zero-order valence-corrected chi connectivity index (χ0v) is 20.7. The normalized spacial score (nSPS) is 14.9. The fourth-order valence-electron chi connectivity index (χ4n) is 4.42. The number of pyridine rings is 1. The molecule has 1 aliphatic heterocycles. The summed E-state index contributed by atoms with van der Waals surface area (Å²) in [6.07, 6.45) is -2.89. The molecule has 1 aromatic heterocycles.